The molecule has 1 rings (SSSR count). The molecule has 8 nitrogen and oxygen atoms in total. The number of anilines is 1. The highest BCUT2D eigenvalue weighted by Gasteiger charge is 2.40. The molecule has 1 heterocycles. The van der Waals surface area contributed by atoms with Gasteiger partial charge in [-0.05, 0) is 27.7 Å². The maximum atomic E-state index is 10.8. The van der Waals surface area contributed by atoms with Crippen molar-refractivity contribution in [1.82, 2.24) is 4.98 Å². The van der Waals surface area contributed by atoms with Gasteiger partial charge in [-0.1, -0.05) is 0 Å². The molecule has 4 N–H and O–H groups in total. The Labute approximate surface area is 116 Å². The first-order valence-corrected chi connectivity index (χ1v) is 5.94. The molecule has 0 aliphatic carbocycles. The highest BCUT2D eigenvalue weighted by molar-refractivity contribution is 6.60. The molecular formula is C11H18BN3O5. The third-order valence-electron chi connectivity index (χ3n) is 3.28. The lowest BCUT2D eigenvalue weighted by atomic mass is 9.77. The van der Waals surface area contributed by atoms with Crippen LogP contribution in [0.15, 0.2) is 12.3 Å². The number of nitrogen functional groups attached to an aromatic ring is 1. The van der Waals surface area contributed by atoms with Crippen LogP contribution in [0.4, 0.5) is 11.5 Å². The Kier molecular flexibility index (Phi) is 4.37. The minimum Gasteiger partial charge on any atom is -0.423 e. The zero-order valence-corrected chi connectivity index (χ0v) is 11.8. The first kappa shape index (κ1) is 16.3. The van der Waals surface area contributed by atoms with Crippen LogP contribution in [-0.2, 0) is 4.65 Å². The summed E-state index contributed by atoms with van der Waals surface area (Å²) in [7, 11) is -1.47. The Morgan fingerprint density at radius 3 is 2.45 bits per heavy atom. The second-order valence-corrected chi connectivity index (χ2v) is 5.47. The fourth-order valence-electron chi connectivity index (χ4n) is 1.25. The third-order valence-corrected chi connectivity index (χ3v) is 3.28. The van der Waals surface area contributed by atoms with E-state index < -0.39 is 28.9 Å². The molecule has 0 aliphatic heterocycles. The van der Waals surface area contributed by atoms with Crippen molar-refractivity contribution >= 4 is 24.1 Å². The molecule has 0 atom stereocenters. The van der Waals surface area contributed by atoms with Crippen LogP contribution < -0.4 is 11.2 Å². The fourth-order valence-corrected chi connectivity index (χ4v) is 1.25. The maximum Gasteiger partial charge on any atom is 0.493 e. The van der Waals surface area contributed by atoms with Gasteiger partial charge in [-0.15, -0.1) is 0 Å². The van der Waals surface area contributed by atoms with Crippen molar-refractivity contribution in [2.24, 2.45) is 0 Å². The van der Waals surface area contributed by atoms with Crippen molar-refractivity contribution in [3.63, 3.8) is 0 Å². The molecular weight excluding hydrogens is 265 g/mol. The summed E-state index contributed by atoms with van der Waals surface area (Å²) in [5.74, 6) is -0.243. The molecule has 0 saturated carbocycles. The molecule has 1 aromatic heterocycles. The molecule has 0 aromatic carbocycles. The first-order chi connectivity index (χ1) is 8.95. The minimum atomic E-state index is -1.47. The number of rotatable bonds is 5. The Morgan fingerprint density at radius 1 is 1.45 bits per heavy atom. The zero-order chi connectivity index (χ0) is 15.7. The summed E-state index contributed by atoms with van der Waals surface area (Å²) in [6.45, 7) is 6.25. The molecule has 1 aromatic rings. The molecule has 0 bridgehead atoms. The van der Waals surface area contributed by atoms with Crippen LogP contribution >= 0.6 is 0 Å². The van der Waals surface area contributed by atoms with Gasteiger partial charge in [0.1, 0.15) is 0 Å². The Balaban J connectivity index is 3.02. The molecule has 0 unspecified atom stereocenters. The van der Waals surface area contributed by atoms with Crippen LogP contribution in [-0.4, -0.2) is 38.4 Å². The van der Waals surface area contributed by atoms with E-state index in [1.54, 1.807) is 13.8 Å². The average Bonchev–Trinajstić information content (AvgIpc) is 2.26. The fraction of sp³-hybridized carbons (Fsp3) is 0.545. The number of nitro groups is 1. The van der Waals surface area contributed by atoms with Gasteiger partial charge >= 0.3 is 12.8 Å². The summed E-state index contributed by atoms with van der Waals surface area (Å²) in [5, 5.41) is 30.7. The van der Waals surface area contributed by atoms with E-state index in [-0.39, 0.29) is 11.3 Å². The van der Waals surface area contributed by atoms with Gasteiger partial charge in [-0.25, -0.2) is 4.98 Å². The second-order valence-electron chi connectivity index (χ2n) is 5.47. The molecule has 110 valence electrons. The number of aromatic nitrogens is 1. The molecule has 0 radical (unpaired) electrons. The van der Waals surface area contributed by atoms with E-state index in [2.05, 4.69) is 4.98 Å². The van der Waals surface area contributed by atoms with Gasteiger partial charge in [0, 0.05) is 17.7 Å². The van der Waals surface area contributed by atoms with Crippen molar-refractivity contribution in [3.05, 3.63) is 22.4 Å². The van der Waals surface area contributed by atoms with Crippen LogP contribution in [0.2, 0.25) is 0 Å². The number of aliphatic hydroxyl groups is 1. The number of nitrogens with zero attached hydrogens (tertiary/aromatic N) is 2. The summed E-state index contributed by atoms with van der Waals surface area (Å²) in [5.41, 5.74) is 2.75. The largest absolute Gasteiger partial charge is 0.493 e. The summed E-state index contributed by atoms with van der Waals surface area (Å²) < 4.78 is 5.37. The minimum absolute atomic E-state index is 0.0863. The smallest absolute Gasteiger partial charge is 0.423 e. The number of hydrogen-bond donors (Lipinski definition) is 3. The van der Waals surface area contributed by atoms with Gasteiger partial charge in [0.15, 0.2) is 0 Å². The summed E-state index contributed by atoms with van der Waals surface area (Å²) >= 11 is 0. The van der Waals surface area contributed by atoms with Crippen LogP contribution in [0, 0.1) is 10.1 Å². The summed E-state index contributed by atoms with van der Waals surface area (Å²) in [6.07, 6.45) is 1.19. The van der Waals surface area contributed by atoms with Gasteiger partial charge in [0.25, 0.3) is 0 Å². The molecule has 20 heavy (non-hydrogen) atoms. The van der Waals surface area contributed by atoms with Gasteiger partial charge in [-0.2, -0.15) is 0 Å². The lowest BCUT2D eigenvalue weighted by Gasteiger charge is -2.38. The monoisotopic (exact) mass is 283 g/mol. The van der Waals surface area contributed by atoms with Crippen molar-refractivity contribution in [1.29, 1.82) is 0 Å². The molecule has 0 amide bonds. The lowest BCUT2D eigenvalue weighted by molar-refractivity contribution is -0.384. The molecule has 0 aliphatic rings. The van der Waals surface area contributed by atoms with Crippen LogP contribution in [0.3, 0.4) is 0 Å². The van der Waals surface area contributed by atoms with E-state index >= 15 is 0 Å². The third kappa shape index (κ3) is 3.44. The standard InChI is InChI=1S/C11H18BN3O5/c1-10(2,16)11(3,4)20-12(17)7-5-8(15(18)19)9(13)14-6-7/h5-6,16-17H,1-4H3,(H2,13,14). The van der Waals surface area contributed by atoms with Crippen molar-refractivity contribution in [2.45, 2.75) is 38.9 Å². The van der Waals surface area contributed by atoms with Crippen LogP contribution in [0.1, 0.15) is 27.7 Å². The number of pyridine rings is 1. The predicted octanol–water partition coefficient (Wildman–Crippen LogP) is -0.174. The van der Waals surface area contributed by atoms with Gasteiger partial charge in [0.2, 0.25) is 5.82 Å². The number of nitrogens with two attached hydrogens (primary N) is 1. The van der Waals surface area contributed by atoms with Gasteiger partial charge < -0.3 is 20.5 Å². The van der Waals surface area contributed by atoms with E-state index in [4.69, 9.17) is 10.4 Å². The normalized spacial score (nSPS) is 12.3. The zero-order valence-electron chi connectivity index (χ0n) is 11.8. The SMILES string of the molecule is CC(C)(O)C(C)(C)OB(O)c1cnc(N)c([N+](=O)[O-])c1. The summed E-state index contributed by atoms with van der Waals surface area (Å²) in [6, 6.07) is 1.09. The van der Waals surface area contributed by atoms with E-state index in [1.165, 1.54) is 20.0 Å². The Hall–Kier alpha value is -1.71. The van der Waals surface area contributed by atoms with E-state index in [1.807, 2.05) is 0 Å². The van der Waals surface area contributed by atoms with Gasteiger partial charge in [-0.3, -0.25) is 10.1 Å². The van der Waals surface area contributed by atoms with E-state index in [0.29, 0.717) is 0 Å². The van der Waals surface area contributed by atoms with E-state index in [0.717, 1.165) is 6.07 Å². The molecule has 0 saturated heterocycles. The summed E-state index contributed by atoms with van der Waals surface area (Å²) in [4.78, 5) is 13.7. The second kappa shape index (κ2) is 5.35. The lowest BCUT2D eigenvalue weighted by Crippen LogP contribution is -2.53. The van der Waals surface area contributed by atoms with Gasteiger partial charge in [0.05, 0.1) is 16.1 Å². The van der Waals surface area contributed by atoms with Crippen molar-refractivity contribution in [2.75, 3.05) is 5.73 Å². The highest BCUT2D eigenvalue weighted by Crippen LogP contribution is 2.25. The average molecular weight is 283 g/mol. The van der Waals surface area contributed by atoms with Crippen molar-refractivity contribution < 1.29 is 19.7 Å². The molecule has 0 spiro atoms. The van der Waals surface area contributed by atoms with Crippen molar-refractivity contribution in [3.8, 4) is 0 Å². The first-order valence-electron chi connectivity index (χ1n) is 5.94. The topological polar surface area (TPSA) is 132 Å². The molecule has 0 fully saturated rings. The predicted molar refractivity (Wildman–Crippen MR) is 74.4 cm³/mol. The Bertz CT molecular complexity index is 515. The maximum absolute atomic E-state index is 10.8. The van der Waals surface area contributed by atoms with Crippen LogP contribution in [0.5, 0.6) is 0 Å². The highest BCUT2D eigenvalue weighted by atomic mass is 16.6. The molecule has 9 heteroatoms. The van der Waals surface area contributed by atoms with E-state index in [9.17, 15) is 20.2 Å². The number of hydrogen-bond acceptors (Lipinski definition) is 7. The van der Waals surface area contributed by atoms with Crippen LogP contribution in [0.25, 0.3) is 0 Å². The quantitative estimate of drug-likeness (QED) is 0.388. The Morgan fingerprint density at radius 2 is 2.00 bits per heavy atom.